The predicted molar refractivity (Wildman–Crippen MR) is 119 cm³/mol. The maximum atomic E-state index is 12.9. The number of aromatic nitrogens is 1. The number of benzene rings is 2. The van der Waals surface area contributed by atoms with Gasteiger partial charge in [-0.2, -0.15) is 0 Å². The van der Waals surface area contributed by atoms with Crippen LogP contribution in [0.25, 0.3) is 16.6 Å². The van der Waals surface area contributed by atoms with Crippen molar-refractivity contribution < 1.29 is 19.7 Å². The summed E-state index contributed by atoms with van der Waals surface area (Å²) in [6.45, 7) is 3.57. The number of hydrogen-bond donors (Lipinski definition) is 2. The molecule has 1 aromatic heterocycles. The summed E-state index contributed by atoms with van der Waals surface area (Å²) in [6.07, 6.45) is 1.13. The third kappa shape index (κ3) is 3.99. The third-order valence-corrected chi connectivity index (χ3v) is 5.58. The van der Waals surface area contributed by atoms with E-state index in [0.29, 0.717) is 31.0 Å². The van der Waals surface area contributed by atoms with Crippen molar-refractivity contribution in [1.29, 1.82) is 0 Å². The van der Waals surface area contributed by atoms with Crippen molar-refractivity contribution in [2.75, 3.05) is 24.5 Å². The van der Waals surface area contributed by atoms with Gasteiger partial charge in [0.15, 0.2) is 0 Å². The summed E-state index contributed by atoms with van der Waals surface area (Å²) in [5.41, 5.74) is -0.955. The monoisotopic (exact) mass is 453 g/mol. The molecule has 1 fully saturated rings. The maximum absolute atomic E-state index is 12.9. The zero-order valence-electron chi connectivity index (χ0n) is 17.4. The first-order valence-corrected chi connectivity index (χ1v) is 10.0. The van der Waals surface area contributed by atoms with E-state index in [-0.39, 0.29) is 28.3 Å². The van der Waals surface area contributed by atoms with Crippen LogP contribution in [0.15, 0.2) is 47.4 Å². The zero-order valence-corrected chi connectivity index (χ0v) is 17.4. The van der Waals surface area contributed by atoms with Crippen LogP contribution in [0.1, 0.15) is 17.3 Å². The lowest BCUT2D eigenvalue weighted by molar-refractivity contribution is -0.384. The molecule has 0 amide bonds. The van der Waals surface area contributed by atoms with Gasteiger partial charge < -0.3 is 19.9 Å². The highest BCUT2D eigenvalue weighted by atomic mass is 16.6. The van der Waals surface area contributed by atoms with E-state index in [4.69, 9.17) is 0 Å². The molecule has 1 aliphatic rings. The van der Waals surface area contributed by atoms with Crippen molar-refractivity contribution in [2.45, 2.75) is 13.0 Å². The van der Waals surface area contributed by atoms with Crippen molar-refractivity contribution in [1.82, 2.24) is 9.88 Å². The summed E-state index contributed by atoms with van der Waals surface area (Å²) >= 11 is 0. The van der Waals surface area contributed by atoms with Gasteiger partial charge in [-0.15, -0.1) is 0 Å². The quantitative estimate of drug-likeness (QED) is 0.436. The van der Waals surface area contributed by atoms with E-state index in [1.165, 1.54) is 34.9 Å². The first-order valence-electron chi connectivity index (χ1n) is 10.0. The second kappa shape index (κ2) is 8.31. The average Bonchev–Trinajstić information content (AvgIpc) is 2.78. The van der Waals surface area contributed by atoms with Crippen molar-refractivity contribution in [3.63, 3.8) is 0 Å². The Kier molecular flexibility index (Phi) is 5.52. The summed E-state index contributed by atoms with van der Waals surface area (Å²) in [5, 5.41) is 35.5. The Hall–Kier alpha value is -4.32. The molecular formula is C21H19N5O7. The fourth-order valence-corrected chi connectivity index (χ4v) is 4.00. The number of carboxylic acids is 1. The minimum atomic E-state index is -1.49. The second-order valence-electron chi connectivity index (χ2n) is 7.74. The molecule has 0 saturated carbocycles. The molecule has 1 atom stereocenters. The lowest BCUT2D eigenvalue weighted by atomic mass is 10.1. The van der Waals surface area contributed by atoms with Crippen LogP contribution in [-0.4, -0.2) is 51.2 Å². The molecule has 2 heterocycles. The molecule has 0 radical (unpaired) electrons. The summed E-state index contributed by atoms with van der Waals surface area (Å²) < 4.78 is 1.41. The lowest BCUT2D eigenvalue weighted by Gasteiger charge is -2.33. The van der Waals surface area contributed by atoms with Crippen molar-refractivity contribution >= 4 is 33.9 Å². The molecule has 0 unspecified atom stereocenters. The number of nitro groups is 2. The number of piperazine rings is 1. The number of aromatic carboxylic acids is 1. The molecule has 1 aliphatic heterocycles. The van der Waals surface area contributed by atoms with E-state index >= 15 is 0 Å². The van der Waals surface area contributed by atoms with Gasteiger partial charge in [0.2, 0.25) is 5.43 Å². The molecule has 170 valence electrons. The Labute approximate surface area is 186 Å². The fraction of sp³-hybridized carbons (Fsp3) is 0.238. The van der Waals surface area contributed by atoms with Gasteiger partial charge in [0, 0.05) is 55.8 Å². The molecule has 3 aromatic rings. The number of anilines is 1. The van der Waals surface area contributed by atoms with Gasteiger partial charge >= 0.3 is 5.97 Å². The van der Waals surface area contributed by atoms with Crippen LogP contribution in [-0.2, 0) is 0 Å². The van der Waals surface area contributed by atoms with Gasteiger partial charge in [0.25, 0.3) is 11.4 Å². The topological polar surface area (TPSA) is 161 Å². The normalized spacial score (nSPS) is 16.0. The number of pyridine rings is 1. The number of carbonyl (C=O) groups is 1. The van der Waals surface area contributed by atoms with Gasteiger partial charge in [-0.1, -0.05) is 0 Å². The van der Waals surface area contributed by atoms with Crippen LogP contribution in [0.2, 0.25) is 0 Å². The summed E-state index contributed by atoms with van der Waals surface area (Å²) in [4.78, 5) is 48.1. The Morgan fingerprint density at radius 2 is 1.85 bits per heavy atom. The highest BCUT2D eigenvalue weighted by Crippen LogP contribution is 2.34. The number of rotatable bonds is 5. The molecular weight excluding hydrogens is 434 g/mol. The molecule has 0 aliphatic carbocycles. The first kappa shape index (κ1) is 21.9. The maximum Gasteiger partial charge on any atom is 0.341 e. The van der Waals surface area contributed by atoms with Crippen molar-refractivity contribution in [2.24, 2.45) is 0 Å². The highest BCUT2D eigenvalue weighted by Gasteiger charge is 2.27. The molecule has 0 spiro atoms. The number of nitro benzene ring substituents is 2. The predicted octanol–water partition coefficient (Wildman–Crippen LogP) is 2.30. The van der Waals surface area contributed by atoms with Crippen LogP contribution in [0.3, 0.4) is 0 Å². The van der Waals surface area contributed by atoms with Crippen LogP contribution in [0.4, 0.5) is 17.1 Å². The smallest absolute Gasteiger partial charge is 0.341 e. The number of nitrogens with zero attached hydrogens (tertiary/aromatic N) is 4. The summed E-state index contributed by atoms with van der Waals surface area (Å²) in [7, 11) is 0. The van der Waals surface area contributed by atoms with Gasteiger partial charge in [0.1, 0.15) is 11.3 Å². The van der Waals surface area contributed by atoms with E-state index in [0.717, 1.165) is 12.3 Å². The molecule has 2 aromatic carbocycles. The Bertz CT molecular complexity index is 1350. The van der Waals surface area contributed by atoms with Crippen LogP contribution >= 0.6 is 0 Å². The Morgan fingerprint density at radius 1 is 1.15 bits per heavy atom. The molecule has 0 bridgehead atoms. The standard InChI is InChI=1S/C21H19N5O7/c1-12-10-23(7-6-22-12)18-9-17-15(8-19(18)26(32)33)20(27)16(21(28)29)11-24(17)13-2-4-14(5-3-13)25(30)31/h2-5,8-9,11-12,22H,6-7,10H2,1H3,(H,28,29)/t12-/m1/s1. The number of nitrogens with one attached hydrogen (secondary N) is 1. The minimum absolute atomic E-state index is 0.0836. The molecule has 1 saturated heterocycles. The van der Waals surface area contributed by atoms with Crippen molar-refractivity contribution in [3.8, 4) is 5.69 Å². The fourth-order valence-electron chi connectivity index (χ4n) is 4.00. The van der Waals surface area contributed by atoms with E-state index in [1.807, 2.05) is 11.8 Å². The Morgan fingerprint density at radius 3 is 2.42 bits per heavy atom. The third-order valence-electron chi connectivity index (χ3n) is 5.58. The average molecular weight is 453 g/mol. The van der Waals surface area contributed by atoms with Crippen molar-refractivity contribution in [3.05, 3.63) is 78.6 Å². The lowest BCUT2D eigenvalue weighted by Crippen LogP contribution is -2.49. The van der Waals surface area contributed by atoms with E-state index < -0.39 is 26.8 Å². The Balaban J connectivity index is 2.03. The minimum Gasteiger partial charge on any atom is -0.477 e. The molecule has 33 heavy (non-hydrogen) atoms. The number of non-ortho nitro benzene ring substituents is 1. The van der Waals surface area contributed by atoms with Gasteiger partial charge in [-0.05, 0) is 25.1 Å². The largest absolute Gasteiger partial charge is 0.477 e. The SMILES string of the molecule is C[C@@H]1CN(c2cc3c(cc2[N+](=O)[O-])c(=O)c(C(=O)O)cn3-c2ccc([N+](=O)[O-])cc2)CCN1. The number of carboxylic acid groups (broad SMARTS) is 1. The van der Waals surface area contributed by atoms with E-state index in [1.54, 1.807) is 0 Å². The van der Waals surface area contributed by atoms with Gasteiger partial charge in [-0.25, -0.2) is 4.79 Å². The summed E-state index contributed by atoms with van der Waals surface area (Å²) in [6, 6.07) is 8.03. The van der Waals surface area contributed by atoms with E-state index in [9.17, 15) is 34.9 Å². The van der Waals surface area contributed by atoms with Crippen LogP contribution < -0.4 is 15.6 Å². The molecule has 12 nitrogen and oxygen atoms in total. The number of hydrogen-bond acceptors (Lipinski definition) is 8. The number of fused-ring (bicyclic) bond motifs is 1. The first-order chi connectivity index (χ1) is 15.7. The van der Waals surface area contributed by atoms with Gasteiger partial charge in [0.05, 0.1) is 20.7 Å². The zero-order chi connectivity index (χ0) is 23.9. The molecule has 4 rings (SSSR count). The van der Waals surface area contributed by atoms with E-state index in [2.05, 4.69) is 5.32 Å². The molecule has 12 heteroatoms. The molecule has 2 N–H and O–H groups in total. The van der Waals surface area contributed by atoms with Gasteiger partial charge in [-0.3, -0.25) is 25.0 Å². The summed E-state index contributed by atoms with van der Waals surface area (Å²) in [5.74, 6) is -1.49. The highest BCUT2D eigenvalue weighted by molar-refractivity contribution is 5.96. The second-order valence-corrected chi connectivity index (χ2v) is 7.74. The van der Waals surface area contributed by atoms with Crippen LogP contribution in [0, 0.1) is 20.2 Å². The van der Waals surface area contributed by atoms with Crippen LogP contribution in [0.5, 0.6) is 0 Å².